The van der Waals surface area contributed by atoms with Crippen LogP contribution in [0, 0.1) is 0 Å². The Bertz CT molecular complexity index is 484. The molecule has 2 heterocycles. The Hall–Kier alpha value is -2.30. The van der Waals surface area contributed by atoms with Crippen LogP contribution in [0.3, 0.4) is 0 Å². The van der Waals surface area contributed by atoms with Gasteiger partial charge in [0.05, 0.1) is 5.69 Å². The van der Waals surface area contributed by atoms with Gasteiger partial charge in [-0.15, -0.1) is 0 Å². The molecule has 0 saturated heterocycles. The van der Waals surface area contributed by atoms with Crippen LogP contribution in [0.25, 0.3) is 0 Å². The topological polar surface area (TPSA) is 89.8 Å². The number of nitrogens with zero attached hydrogens (tertiary/aromatic N) is 2. The number of hydrogen-bond donors (Lipinski definition) is 3. The molecule has 0 aromatic carbocycles. The lowest BCUT2D eigenvalue weighted by Crippen LogP contribution is -2.08. The van der Waals surface area contributed by atoms with E-state index in [0.29, 0.717) is 11.5 Å². The molecule has 0 aliphatic heterocycles. The van der Waals surface area contributed by atoms with Crippen molar-refractivity contribution in [1.29, 1.82) is 0 Å². The lowest BCUT2D eigenvalue weighted by atomic mass is 10.3. The SMILES string of the molecule is Nc1ccc(NCCc2ccccn2)nc1N. The average Bonchev–Trinajstić information content (AvgIpc) is 2.35. The summed E-state index contributed by atoms with van der Waals surface area (Å²) in [4.78, 5) is 8.36. The zero-order valence-electron chi connectivity index (χ0n) is 9.43. The van der Waals surface area contributed by atoms with Crippen molar-refractivity contribution in [3.8, 4) is 0 Å². The van der Waals surface area contributed by atoms with Crippen molar-refractivity contribution < 1.29 is 0 Å². The van der Waals surface area contributed by atoms with Gasteiger partial charge in [0.15, 0.2) is 0 Å². The van der Waals surface area contributed by atoms with Crippen LogP contribution in [0.4, 0.5) is 17.3 Å². The summed E-state index contributed by atoms with van der Waals surface area (Å²) in [7, 11) is 0. The number of pyridine rings is 2. The highest BCUT2D eigenvalue weighted by molar-refractivity contribution is 5.61. The summed E-state index contributed by atoms with van der Waals surface area (Å²) in [5, 5.41) is 3.17. The van der Waals surface area contributed by atoms with E-state index in [1.54, 1.807) is 12.3 Å². The van der Waals surface area contributed by atoms with E-state index < -0.39 is 0 Å². The van der Waals surface area contributed by atoms with Crippen molar-refractivity contribution in [3.63, 3.8) is 0 Å². The lowest BCUT2D eigenvalue weighted by Gasteiger charge is -2.06. The summed E-state index contributed by atoms with van der Waals surface area (Å²) in [6.45, 7) is 0.757. The first kappa shape index (κ1) is 11.2. The molecule has 5 heteroatoms. The maximum Gasteiger partial charge on any atom is 0.149 e. The minimum Gasteiger partial charge on any atom is -0.396 e. The number of aromatic nitrogens is 2. The predicted molar refractivity (Wildman–Crippen MR) is 69.5 cm³/mol. The molecule has 0 spiro atoms. The standard InChI is InChI=1S/C12H15N5/c13-10-4-5-11(17-12(10)14)16-8-6-9-3-1-2-7-15-9/h1-5,7H,6,8,13H2,(H3,14,16,17). The molecule has 2 aromatic heterocycles. The normalized spacial score (nSPS) is 10.1. The molecule has 0 unspecified atom stereocenters. The Morgan fingerprint density at radius 3 is 2.71 bits per heavy atom. The van der Waals surface area contributed by atoms with E-state index in [1.807, 2.05) is 24.3 Å². The predicted octanol–water partition coefficient (Wildman–Crippen LogP) is 1.30. The highest BCUT2D eigenvalue weighted by Crippen LogP contribution is 2.14. The molecule has 88 valence electrons. The van der Waals surface area contributed by atoms with E-state index in [0.717, 1.165) is 24.5 Å². The van der Waals surface area contributed by atoms with Crippen molar-refractivity contribution in [2.75, 3.05) is 23.3 Å². The minimum absolute atomic E-state index is 0.354. The fraction of sp³-hybridized carbons (Fsp3) is 0.167. The maximum atomic E-state index is 5.62. The van der Waals surface area contributed by atoms with Crippen LogP contribution < -0.4 is 16.8 Å². The van der Waals surface area contributed by atoms with E-state index >= 15 is 0 Å². The second-order valence-electron chi connectivity index (χ2n) is 3.67. The van der Waals surface area contributed by atoms with Gasteiger partial charge in [-0.25, -0.2) is 4.98 Å². The third kappa shape index (κ3) is 3.07. The number of nitrogens with two attached hydrogens (primary N) is 2. The Morgan fingerprint density at radius 2 is 2.00 bits per heavy atom. The molecule has 2 rings (SSSR count). The zero-order valence-corrected chi connectivity index (χ0v) is 9.43. The number of anilines is 3. The van der Waals surface area contributed by atoms with E-state index in [9.17, 15) is 0 Å². The maximum absolute atomic E-state index is 5.62. The molecule has 0 aliphatic rings. The van der Waals surface area contributed by atoms with Gasteiger partial charge < -0.3 is 16.8 Å². The molecule has 0 saturated carbocycles. The quantitative estimate of drug-likeness (QED) is 0.735. The summed E-state index contributed by atoms with van der Waals surface area (Å²) >= 11 is 0. The Balaban J connectivity index is 1.88. The minimum atomic E-state index is 0.354. The molecule has 0 radical (unpaired) electrons. The van der Waals surface area contributed by atoms with Crippen LogP contribution in [0.15, 0.2) is 36.5 Å². The van der Waals surface area contributed by atoms with Crippen LogP contribution in [0.1, 0.15) is 5.69 Å². The Labute approximate surface area is 99.9 Å². The number of hydrogen-bond acceptors (Lipinski definition) is 5. The van der Waals surface area contributed by atoms with E-state index in [2.05, 4.69) is 15.3 Å². The van der Waals surface area contributed by atoms with Gasteiger partial charge >= 0.3 is 0 Å². The van der Waals surface area contributed by atoms with E-state index in [1.165, 1.54) is 0 Å². The zero-order chi connectivity index (χ0) is 12.1. The van der Waals surface area contributed by atoms with Crippen LogP contribution >= 0.6 is 0 Å². The number of nitrogens with one attached hydrogen (secondary N) is 1. The van der Waals surface area contributed by atoms with Crippen LogP contribution in [0.2, 0.25) is 0 Å². The van der Waals surface area contributed by atoms with Crippen molar-refractivity contribution in [2.45, 2.75) is 6.42 Å². The van der Waals surface area contributed by atoms with Crippen LogP contribution in [0.5, 0.6) is 0 Å². The van der Waals surface area contributed by atoms with Crippen LogP contribution in [-0.2, 0) is 6.42 Å². The molecule has 5 nitrogen and oxygen atoms in total. The number of rotatable bonds is 4. The lowest BCUT2D eigenvalue weighted by molar-refractivity contribution is 0.954. The molecular formula is C12H15N5. The van der Waals surface area contributed by atoms with Gasteiger partial charge in [0.25, 0.3) is 0 Å². The summed E-state index contributed by atoms with van der Waals surface area (Å²) in [6.07, 6.45) is 2.63. The number of nitrogen functional groups attached to an aromatic ring is 2. The highest BCUT2D eigenvalue weighted by atomic mass is 15.0. The summed E-state index contributed by atoms with van der Waals surface area (Å²) in [6, 6.07) is 9.42. The Kier molecular flexibility index (Phi) is 3.40. The molecule has 0 amide bonds. The molecule has 0 atom stereocenters. The molecule has 0 aliphatic carbocycles. The molecule has 17 heavy (non-hydrogen) atoms. The summed E-state index contributed by atoms with van der Waals surface area (Å²) in [5.74, 6) is 1.08. The fourth-order valence-electron chi connectivity index (χ4n) is 1.45. The van der Waals surface area contributed by atoms with Crippen molar-refractivity contribution >= 4 is 17.3 Å². The second-order valence-corrected chi connectivity index (χ2v) is 3.67. The molecule has 2 aromatic rings. The largest absolute Gasteiger partial charge is 0.396 e. The molecule has 0 fully saturated rings. The van der Waals surface area contributed by atoms with Crippen molar-refractivity contribution in [1.82, 2.24) is 9.97 Å². The third-order valence-corrected chi connectivity index (χ3v) is 2.37. The summed E-state index contributed by atoms with van der Waals surface area (Å²) < 4.78 is 0. The van der Waals surface area contributed by atoms with E-state index in [4.69, 9.17) is 11.5 Å². The van der Waals surface area contributed by atoms with Gasteiger partial charge in [-0.05, 0) is 24.3 Å². The highest BCUT2D eigenvalue weighted by Gasteiger charge is 1.99. The van der Waals surface area contributed by atoms with Crippen molar-refractivity contribution in [3.05, 3.63) is 42.2 Å². The molecule has 5 N–H and O–H groups in total. The van der Waals surface area contributed by atoms with E-state index in [-0.39, 0.29) is 0 Å². The molecule has 0 bridgehead atoms. The first-order chi connectivity index (χ1) is 8.25. The van der Waals surface area contributed by atoms with Gasteiger partial charge in [-0.3, -0.25) is 4.98 Å². The Morgan fingerprint density at radius 1 is 1.12 bits per heavy atom. The van der Waals surface area contributed by atoms with Gasteiger partial charge in [0.2, 0.25) is 0 Å². The van der Waals surface area contributed by atoms with Gasteiger partial charge in [0.1, 0.15) is 11.6 Å². The second kappa shape index (κ2) is 5.16. The van der Waals surface area contributed by atoms with Crippen molar-refractivity contribution in [2.24, 2.45) is 0 Å². The summed E-state index contributed by atoms with van der Waals surface area (Å²) in [5.41, 5.74) is 12.7. The first-order valence-electron chi connectivity index (χ1n) is 5.41. The average molecular weight is 229 g/mol. The first-order valence-corrected chi connectivity index (χ1v) is 5.41. The van der Waals surface area contributed by atoms with Crippen LogP contribution in [-0.4, -0.2) is 16.5 Å². The van der Waals surface area contributed by atoms with Gasteiger partial charge in [-0.1, -0.05) is 6.07 Å². The third-order valence-electron chi connectivity index (χ3n) is 2.37. The molecular weight excluding hydrogens is 214 g/mol. The fourth-order valence-corrected chi connectivity index (χ4v) is 1.45. The van der Waals surface area contributed by atoms with Gasteiger partial charge in [0, 0.05) is 24.9 Å². The monoisotopic (exact) mass is 229 g/mol. The smallest absolute Gasteiger partial charge is 0.149 e. The van der Waals surface area contributed by atoms with Gasteiger partial charge in [-0.2, -0.15) is 0 Å².